The van der Waals surface area contributed by atoms with E-state index in [4.69, 9.17) is 4.98 Å². The van der Waals surface area contributed by atoms with E-state index in [0.717, 1.165) is 28.1 Å². The van der Waals surface area contributed by atoms with Crippen LogP contribution >= 0.6 is 0 Å². The number of phenolic OH excluding ortho intramolecular Hbond substituents is 1. The molecule has 2 N–H and O–H groups in total. The third-order valence-corrected chi connectivity index (χ3v) is 3.79. The molecule has 0 saturated heterocycles. The molecule has 4 heteroatoms. The van der Waals surface area contributed by atoms with E-state index in [1.54, 1.807) is 6.07 Å². The fourth-order valence-electron chi connectivity index (χ4n) is 2.61. The smallest absolute Gasteiger partial charge is 0.131 e. The number of hydrogen-bond donors (Lipinski definition) is 2. The molecule has 1 unspecified atom stereocenters. The van der Waals surface area contributed by atoms with Crippen LogP contribution in [0.1, 0.15) is 24.4 Å². The summed E-state index contributed by atoms with van der Waals surface area (Å²) in [6, 6.07) is 13.7. The summed E-state index contributed by atoms with van der Waals surface area (Å²) in [5.41, 5.74) is 3.97. The molecule has 1 aromatic heterocycles. The van der Waals surface area contributed by atoms with Gasteiger partial charge in [-0.25, -0.2) is 4.98 Å². The van der Waals surface area contributed by atoms with Crippen LogP contribution in [0.15, 0.2) is 42.5 Å². The molecule has 1 heterocycles. The zero-order valence-corrected chi connectivity index (χ0v) is 12.5. The first-order valence-corrected chi connectivity index (χ1v) is 7.04. The van der Waals surface area contributed by atoms with E-state index >= 15 is 0 Å². The average Bonchev–Trinajstić information content (AvgIpc) is 2.81. The number of anilines is 1. The Morgan fingerprint density at radius 3 is 2.67 bits per heavy atom. The van der Waals surface area contributed by atoms with Crippen molar-refractivity contribution < 1.29 is 5.11 Å². The average molecular weight is 281 g/mol. The summed E-state index contributed by atoms with van der Waals surface area (Å²) in [6.07, 6.45) is 0. The van der Waals surface area contributed by atoms with Crippen molar-refractivity contribution in [2.75, 3.05) is 5.32 Å². The van der Waals surface area contributed by atoms with Gasteiger partial charge in [-0.3, -0.25) is 0 Å². The molecular formula is C17H19N3O. The minimum absolute atomic E-state index is 0.0753. The van der Waals surface area contributed by atoms with E-state index in [1.165, 1.54) is 0 Å². The Morgan fingerprint density at radius 1 is 1.19 bits per heavy atom. The van der Waals surface area contributed by atoms with Crippen molar-refractivity contribution in [3.63, 3.8) is 0 Å². The summed E-state index contributed by atoms with van der Waals surface area (Å²) in [4.78, 5) is 4.70. The fraction of sp³-hybridized carbons (Fsp3) is 0.235. The number of benzene rings is 2. The first kappa shape index (κ1) is 13.5. The number of imidazole rings is 1. The lowest BCUT2D eigenvalue weighted by Gasteiger charge is -2.16. The Morgan fingerprint density at radius 2 is 1.95 bits per heavy atom. The molecule has 0 spiro atoms. The molecule has 0 fully saturated rings. The quantitative estimate of drug-likeness (QED) is 0.719. The predicted molar refractivity (Wildman–Crippen MR) is 85.6 cm³/mol. The van der Waals surface area contributed by atoms with Gasteiger partial charge in [-0.2, -0.15) is 0 Å². The highest BCUT2D eigenvalue weighted by Crippen LogP contribution is 2.25. The minimum atomic E-state index is 0.0753. The van der Waals surface area contributed by atoms with Crippen molar-refractivity contribution in [1.29, 1.82) is 0 Å². The van der Waals surface area contributed by atoms with E-state index in [9.17, 15) is 5.11 Å². The standard InChI is InChI=1S/C17H19N3O/c1-11-10-13(8-9-16(11)21)18-12(2)17-19-14-6-4-5-7-15(14)20(17)3/h4-10,12,18,21H,1-3H3. The molecule has 3 rings (SSSR count). The van der Waals surface area contributed by atoms with Crippen LogP contribution in [0.5, 0.6) is 5.75 Å². The third-order valence-electron chi connectivity index (χ3n) is 3.79. The molecule has 0 amide bonds. The molecule has 108 valence electrons. The lowest BCUT2D eigenvalue weighted by Crippen LogP contribution is -2.12. The number of aromatic hydroxyl groups is 1. The Bertz CT molecular complexity index is 792. The number of phenols is 1. The second-order valence-electron chi connectivity index (χ2n) is 5.39. The molecule has 4 nitrogen and oxygen atoms in total. The molecule has 1 atom stereocenters. The van der Waals surface area contributed by atoms with Gasteiger partial charge in [0.05, 0.1) is 17.1 Å². The fourth-order valence-corrected chi connectivity index (χ4v) is 2.61. The lowest BCUT2D eigenvalue weighted by molar-refractivity contribution is 0.471. The number of aromatic nitrogens is 2. The number of rotatable bonds is 3. The molecule has 0 bridgehead atoms. The zero-order valence-electron chi connectivity index (χ0n) is 12.5. The van der Waals surface area contributed by atoms with Gasteiger partial charge in [-0.05, 0) is 49.7 Å². The van der Waals surface area contributed by atoms with Gasteiger partial charge in [0, 0.05) is 12.7 Å². The Hall–Kier alpha value is -2.49. The molecule has 0 aliphatic heterocycles. The van der Waals surface area contributed by atoms with Gasteiger partial charge in [-0.1, -0.05) is 12.1 Å². The van der Waals surface area contributed by atoms with Crippen LogP contribution in [0, 0.1) is 6.92 Å². The minimum Gasteiger partial charge on any atom is -0.508 e. The van der Waals surface area contributed by atoms with Crippen LogP contribution in [-0.2, 0) is 7.05 Å². The first-order valence-electron chi connectivity index (χ1n) is 7.04. The van der Waals surface area contributed by atoms with Gasteiger partial charge in [0.15, 0.2) is 0 Å². The summed E-state index contributed by atoms with van der Waals surface area (Å²) in [7, 11) is 2.03. The Balaban J connectivity index is 1.91. The summed E-state index contributed by atoms with van der Waals surface area (Å²) in [5.74, 6) is 1.30. The molecule has 3 aromatic rings. The zero-order chi connectivity index (χ0) is 15.0. The van der Waals surface area contributed by atoms with Crippen molar-refractivity contribution in [3.05, 3.63) is 53.9 Å². The number of hydrogen-bond acceptors (Lipinski definition) is 3. The number of fused-ring (bicyclic) bond motifs is 1. The van der Waals surface area contributed by atoms with Gasteiger partial charge < -0.3 is 15.0 Å². The van der Waals surface area contributed by atoms with Crippen molar-refractivity contribution >= 4 is 16.7 Å². The first-order chi connectivity index (χ1) is 10.1. The van der Waals surface area contributed by atoms with E-state index in [2.05, 4.69) is 22.9 Å². The molecule has 0 saturated carbocycles. The summed E-state index contributed by atoms with van der Waals surface area (Å²) in [5, 5.41) is 13.0. The van der Waals surface area contributed by atoms with Gasteiger partial charge in [0.1, 0.15) is 11.6 Å². The molecule has 0 aliphatic carbocycles. The number of aryl methyl sites for hydroxylation is 2. The molecule has 0 radical (unpaired) electrons. The topological polar surface area (TPSA) is 50.1 Å². The predicted octanol–water partition coefficient (Wildman–Crippen LogP) is 3.76. The maximum absolute atomic E-state index is 9.59. The number of nitrogens with zero attached hydrogens (tertiary/aromatic N) is 2. The van der Waals surface area contributed by atoms with E-state index in [1.807, 2.05) is 44.3 Å². The maximum Gasteiger partial charge on any atom is 0.131 e. The van der Waals surface area contributed by atoms with Gasteiger partial charge in [0.2, 0.25) is 0 Å². The van der Waals surface area contributed by atoms with E-state index < -0.39 is 0 Å². The van der Waals surface area contributed by atoms with Crippen molar-refractivity contribution in [3.8, 4) is 5.75 Å². The Kier molecular flexibility index (Phi) is 3.29. The van der Waals surface area contributed by atoms with Crippen LogP contribution in [0.25, 0.3) is 11.0 Å². The highest BCUT2D eigenvalue weighted by molar-refractivity contribution is 5.76. The monoisotopic (exact) mass is 281 g/mol. The van der Waals surface area contributed by atoms with Crippen molar-refractivity contribution in [2.24, 2.45) is 7.05 Å². The molecule has 2 aromatic carbocycles. The highest BCUT2D eigenvalue weighted by atomic mass is 16.3. The number of nitrogens with one attached hydrogen (secondary N) is 1. The van der Waals surface area contributed by atoms with Crippen molar-refractivity contribution in [2.45, 2.75) is 19.9 Å². The van der Waals surface area contributed by atoms with E-state index in [0.29, 0.717) is 5.75 Å². The summed E-state index contributed by atoms with van der Waals surface area (Å²) in [6.45, 7) is 3.98. The number of para-hydroxylation sites is 2. The normalized spacial score (nSPS) is 12.5. The largest absolute Gasteiger partial charge is 0.508 e. The second-order valence-corrected chi connectivity index (χ2v) is 5.39. The van der Waals surface area contributed by atoms with Gasteiger partial charge in [0.25, 0.3) is 0 Å². The van der Waals surface area contributed by atoms with Crippen LogP contribution in [0.4, 0.5) is 5.69 Å². The van der Waals surface area contributed by atoms with Crippen molar-refractivity contribution in [1.82, 2.24) is 9.55 Å². The molecule has 0 aliphatic rings. The van der Waals surface area contributed by atoms with Gasteiger partial charge >= 0.3 is 0 Å². The third kappa shape index (κ3) is 2.44. The van der Waals surface area contributed by atoms with Crippen LogP contribution in [0.3, 0.4) is 0 Å². The lowest BCUT2D eigenvalue weighted by atomic mass is 10.2. The molecular weight excluding hydrogens is 262 g/mol. The molecule has 21 heavy (non-hydrogen) atoms. The second kappa shape index (κ2) is 5.13. The highest BCUT2D eigenvalue weighted by Gasteiger charge is 2.14. The summed E-state index contributed by atoms with van der Waals surface area (Å²) >= 11 is 0. The SMILES string of the molecule is Cc1cc(NC(C)c2nc3ccccc3n2C)ccc1O. The van der Waals surface area contributed by atoms with Gasteiger partial charge in [-0.15, -0.1) is 0 Å². The maximum atomic E-state index is 9.59. The van der Waals surface area contributed by atoms with Crippen LogP contribution in [0.2, 0.25) is 0 Å². The summed E-state index contributed by atoms with van der Waals surface area (Å²) < 4.78 is 2.11. The van der Waals surface area contributed by atoms with Crippen LogP contribution < -0.4 is 5.32 Å². The Labute approximate surface area is 124 Å². The van der Waals surface area contributed by atoms with E-state index in [-0.39, 0.29) is 6.04 Å². The van der Waals surface area contributed by atoms with Crippen LogP contribution in [-0.4, -0.2) is 14.7 Å².